The molecule has 21 heavy (non-hydrogen) atoms. The van der Waals surface area contributed by atoms with Gasteiger partial charge in [0.05, 0.1) is 12.2 Å². The summed E-state index contributed by atoms with van der Waals surface area (Å²) in [5.41, 5.74) is 1.73. The lowest BCUT2D eigenvalue weighted by Crippen LogP contribution is -2.39. The highest BCUT2D eigenvalue weighted by Crippen LogP contribution is 2.15. The van der Waals surface area contributed by atoms with E-state index in [1.54, 1.807) is 4.90 Å². The SMILES string of the molecule is Cc1cc(C)nc(SCC(=O)N(CCC(=O)O)C(C)C)n1. The molecule has 6 nitrogen and oxygen atoms in total. The second kappa shape index (κ2) is 7.97. The van der Waals surface area contributed by atoms with Crippen LogP contribution in [0.15, 0.2) is 11.2 Å². The van der Waals surface area contributed by atoms with Crippen LogP contribution in [0.5, 0.6) is 0 Å². The van der Waals surface area contributed by atoms with Crippen molar-refractivity contribution in [3.63, 3.8) is 0 Å². The van der Waals surface area contributed by atoms with Crippen molar-refractivity contribution >= 4 is 23.6 Å². The average molecular weight is 311 g/mol. The second-order valence-corrected chi connectivity index (χ2v) is 5.99. The van der Waals surface area contributed by atoms with Gasteiger partial charge in [0.2, 0.25) is 5.91 Å². The Morgan fingerprint density at radius 1 is 1.29 bits per heavy atom. The molecule has 116 valence electrons. The molecule has 0 aliphatic rings. The zero-order chi connectivity index (χ0) is 16.0. The minimum atomic E-state index is -0.904. The molecule has 0 atom stereocenters. The van der Waals surface area contributed by atoms with Crippen LogP contribution in [0.1, 0.15) is 31.7 Å². The first-order valence-corrected chi connectivity index (χ1v) is 7.74. The normalized spacial score (nSPS) is 10.7. The molecule has 1 amide bonds. The number of rotatable bonds is 7. The topological polar surface area (TPSA) is 83.4 Å². The van der Waals surface area contributed by atoms with Gasteiger partial charge in [-0.2, -0.15) is 0 Å². The Morgan fingerprint density at radius 2 is 1.86 bits per heavy atom. The fraction of sp³-hybridized carbons (Fsp3) is 0.571. The molecule has 0 saturated carbocycles. The zero-order valence-electron chi connectivity index (χ0n) is 12.8. The van der Waals surface area contributed by atoms with Gasteiger partial charge >= 0.3 is 5.97 Å². The molecule has 0 bridgehead atoms. The summed E-state index contributed by atoms with van der Waals surface area (Å²) in [6.07, 6.45) is -0.0470. The van der Waals surface area contributed by atoms with Gasteiger partial charge in [-0.05, 0) is 33.8 Å². The number of amides is 1. The second-order valence-electron chi connectivity index (χ2n) is 5.05. The maximum absolute atomic E-state index is 12.2. The van der Waals surface area contributed by atoms with E-state index < -0.39 is 5.97 Å². The molecule has 0 aliphatic heterocycles. The van der Waals surface area contributed by atoms with Gasteiger partial charge in [-0.3, -0.25) is 9.59 Å². The Labute approximate surface area is 129 Å². The third kappa shape index (κ3) is 6.12. The number of nitrogens with zero attached hydrogens (tertiary/aromatic N) is 3. The minimum absolute atomic E-state index is 0.0300. The van der Waals surface area contributed by atoms with Crippen molar-refractivity contribution < 1.29 is 14.7 Å². The van der Waals surface area contributed by atoms with Gasteiger partial charge in [0.1, 0.15) is 0 Å². The van der Waals surface area contributed by atoms with Crippen LogP contribution in [0.2, 0.25) is 0 Å². The quantitative estimate of drug-likeness (QED) is 0.611. The van der Waals surface area contributed by atoms with E-state index in [4.69, 9.17) is 5.11 Å². The maximum atomic E-state index is 12.2. The van der Waals surface area contributed by atoms with Crippen molar-refractivity contribution in [1.82, 2.24) is 14.9 Å². The van der Waals surface area contributed by atoms with Crippen LogP contribution in [0, 0.1) is 13.8 Å². The third-order valence-electron chi connectivity index (χ3n) is 2.80. The van der Waals surface area contributed by atoms with Crippen molar-refractivity contribution in [2.75, 3.05) is 12.3 Å². The molecular weight excluding hydrogens is 290 g/mol. The van der Waals surface area contributed by atoms with Crippen LogP contribution >= 0.6 is 11.8 Å². The number of aliphatic carboxylic acids is 1. The van der Waals surface area contributed by atoms with Gasteiger partial charge < -0.3 is 10.0 Å². The van der Waals surface area contributed by atoms with Crippen LogP contribution < -0.4 is 0 Å². The summed E-state index contributed by atoms with van der Waals surface area (Å²) in [6, 6.07) is 1.84. The molecule has 0 spiro atoms. The minimum Gasteiger partial charge on any atom is -0.481 e. The lowest BCUT2D eigenvalue weighted by Gasteiger charge is -2.25. The number of carboxylic acid groups (broad SMARTS) is 1. The maximum Gasteiger partial charge on any atom is 0.305 e. The predicted molar refractivity (Wildman–Crippen MR) is 81.3 cm³/mol. The molecule has 0 unspecified atom stereocenters. The first-order chi connectivity index (χ1) is 9.79. The summed E-state index contributed by atoms with van der Waals surface area (Å²) in [6.45, 7) is 7.73. The van der Waals surface area contributed by atoms with Crippen molar-refractivity contribution in [3.8, 4) is 0 Å². The first-order valence-electron chi connectivity index (χ1n) is 6.76. The highest BCUT2D eigenvalue weighted by Gasteiger charge is 2.18. The molecule has 1 heterocycles. The molecule has 1 rings (SSSR count). The van der Waals surface area contributed by atoms with Gasteiger partial charge in [-0.15, -0.1) is 0 Å². The summed E-state index contributed by atoms with van der Waals surface area (Å²) in [4.78, 5) is 33.0. The van der Waals surface area contributed by atoms with Gasteiger partial charge in [0.25, 0.3) is 0 Å². The summed E-state index contributed by atoms with van der Waals surface area (Å²) < 4.78 is 0. The molecule has 0 aliphatic carbocycles. The molecule has 0 fully saturated rings. The van der Waals surface area contributed by atoms with E-state index in [2.05, 4.69) is 9.97 Å². The van der Waals surface area contributed by atoms with Crippen LogP contribution in [-0.2, 0) is 9.59 Å². The number of thioether (sulfide) groups is 1. The van der Waals surface area contributed by atoms with E-state index >= 15 is 0 Å². The van der Waals surface area contributed by atoms with Gasteiger partial charge in [-0.25, -0.2) is 9.97 Å². The molecule has 1 N–H and O–H groups in total. The molecular formula is C14H21N3O3S. The zero-order valence-corrected chi connectivity index (χ0v) is 13.6. The fourth-order valence-electron chi connectivity index (χ4n) is 1.85. The van der Waals surface area contributed by atoms with E-state index in [-0.39, 0.29) is 30.7 Å². The Morgan fingerprint density at radius 3 is 2.33 bits per heavy atom. The van der Waals surface area contributed by atoms with Crippen molar-refractivity contribution in [2.24, 2.45) is 0 Å². The number of carbonyl (C=O) groups excluding carboxylic acids is 1. The summed E-state index contributed by atoms with van der Waals surface area (Å²) in [7, 11) is 0. The highest BCUT2D eigenvalue weighted by atomic mass is 32.2. The molecule has 0 aromatic carbocycles. The van der Waals surface area contributed by atoms with Gasteiger partial charge in [0.15, 0.2) is 5.16 Å². The van der Waals surface area contributed by atoms with Crippen molar-refractivity contribution in [1.29, 1.82) is 0 Å². The van der Waals surface area contributed by atoms with E-state index in [0.717, 1.165) is 11.4 Å². The number of aromatic nitrogens is 2. The fourth-order valence-corrected chi connectivity index (χ4v) is 2.69. The number of carboxylic acids is 1. The number of hydrogen-bond donors (Lipinski definition) is 1. The molecule has 7 heteroatoms. The average Bonchev–Trinajstić information content (AvgIpc) is 2.34. The van der Waals surface area contributed by atoms with Crippen molar-refractivity contribution in [3.05, 3.63) is 17.5 Å². The smallest absolute Gasteiger partial charge is 0.305 e. The van der Waals surface area contributed by atoms with Crippen LogP contribution in [0.25, 0.3) is 0 Å². The number of aryl methyl sites for hydroxylation is 2. The Hall–Kier alpha value is -1.63. The van der Waals surface area contributed by atoms with E-state index in [1.165, 1.54) is 11.8 Å². The highest BCUT2D eigenvalue weighted by molar-refractivity contribution is 7.99. The van der Waals surface area contributed by atoms with Gasteiger partial charge in [-0.1, -0.05) is 11.8 Å². The first kappa shape index (κ1) is 17.4. The monoisotopic (exact) mass is 311 g/mol. The van der Waals surface area contributed by atoms with E-state index in [0.29, 0.717) is 5.16 Å². The number of carbonyl (C=O) groups is 2. The third-order valence-corrected chi connectivity index (χ3v) is 3.63. The Kier molecular flexibility index (Phi) is 6.61. The predicted octanol–water partition coefficient (Wildman–Crippen LogP) is 1.90. The molecule has 0 radical (unpaired) electrons. The summed E-state index contributed by atoms with van der Waals surface area (Å²) in [5, 5.41) is 9.30. The lowest BCUT2D eigenvalue weighted by molar-refractivity contribution is -0.138. The van der Waals surface area contributed by atoms with Crippen molar-refractivity contribution in [2.45, 2.75) is 45.3 Å². The van der Waals surface area contributed by atoms with Crippen LogP contribution in [0.4, 0.5) is 0 Å². The van der Waals surface area contributed by atoms with E-state index in [1.807, 2.05) is 33.8 Å². The molecule has 1 aromatic heterocycles. The largest absolute Gasteiger partial charge is 0.481 e. The van der Waals surface area contributed by atoms with Crippen LogP contribution in [-0.4, -0.2) is 50.2 Å². The Balaban J connectivity index is 2.62. The number of hydrogen-bond acceptors (Lipinski definition) is 5. The lowest BCUT2D eigenvalue weighted by atomic mass is 10.3. The summed E-state index contributed by atoms with van der Waals surface area (Å²) in [5.74, 6) is -0.793. The molecule has 1 aromatic rings. The molecule has 0 saturated heterocycles. The summed E-state index contributed by atoms with van der Waals surface area (Å²) >= 11 is 1.28. The van der Waals surface area contributed by atoms with Crippen LogP contribution in [0.3, 0.4) is 0 Å². The Bertz CT molecular complexity index is 500. The standard InChI is InChI=1S/C14H21N3O3S/c1-9(2)17(6-5-13(19)20)12(18)8-21-14-15-10(3)7-11(4)16-14/h7,9H,5-6,8H2,1-4H3,(H,19,20). The van der Waals surface area contributed by atoms with Gasteiger partial charge in [0, 0.05) is 24.0 Å². The van der Waals surface area contributed by atoms with E-state index in [9.17, 15) is 9.59 Å².